The summed E-state index contributed by atoms with van der Waals surface area (Å²) in [5.74, 6) is -0.134. The highest BCUT2D eigenvalue weighted by Gasteiger charge is 2.20. The Morgan fingerprint density at radius 1 is 1.37 bits per heavy atom. The van der Waals surface area contributed by atoms with Crippen molar-refractivity contribution in [1.82, 2.24) is 4.90 Å². The van der Waals surface area contributed by atoms with Gasteiger partial charge >= 0.3 is 5.97 Å². The van der Waals surface area contributed by atoms with Crippen LogP contribution in [0.5, 0.6) is 0 Å². The van der Waals surface area contributed by atoms with Gasteiger partial charge in [0, 0.05) is 24.0 Å². The molecule has 2 rings (SSSR count). The molecule has 104 valence electrons. The van der Waals surface area contributed by atoms with E-state index in [1.54, 1.807) is 0 Å². The number of halogens is 1. The van der Waals surface area contributed by atoms with Crippen LogP contribution >= 0.6 is 15.9 Å². The first-order chi connectivity index (χ1) is 9.13. The largest absolute Gasteiger partial charge is 0.481 e. The molecular weight excluding hydrogens is 306 g/mol. The lowest BCUT2D eigenvalue weighted by Crippen LogP contribution is -2.35. The van der Waals surface area contributed by atoms with Crippen molar-refractivity contribution in [1.29, 1.82) is 0 Å². The average molecular weight is 326 g/mol. The quantitative estimate of drug-likeness (QED) is 0.900. The molecule has 1 aromatic carbocycles. The molecule has 19 heavy (non-hydrogen) atoms. The number of nitrogens with zero attached hydrogens (tertiary/aromatic N) is 1. The zero-order valence-electron chi connectivity index (χ0n) is 11.0. The molecule has 0 spiro atoms. The van der Waals surface area contributed by atoms with Gasteiger partial charge in [0.05, 0.1) is 0 Å². The van der Waals surface area contributed by atoms with Crippen LogP contribution in [0.25, 0.3) is 0 Å². The van der Waals surface area contributed by atoms with Crippen LogP contribution in [0.2, 0.25) is 0 Å². The number of piperidine rings is 1. The van der Waals surface area contributed by atoms with Gasteiger partial charge in [0.1, 0.15) is 0 Å². The maximum absolute atomic E-state index is 10.6. The highest BCUT2D eigenvalue weighted by atomic mass is 79.9. The number of hydrogen-bond acceptors (Lipinski definition) is 2. The van der Waals surface area contributed by atoms with E-state index in [0.717, 1.165) is 30.5 Å². The summed E-state index contributed by atoms with van der Waals surface area (Å²) in [7, 11) is 0. The SMILES string of the molecule is O=C(O)CCC1CCCN(Cc2ccc(Br)cc2)C1. The number of carboxylic acids is 1. The highest BCUT2D eigenvalue weighted by molar-refractivity contribution is 9.10. The van der Waals surface area contributed by atoms with Crippen LogP contribution in [-0.4, -0.2) is 29.1 Å². The van der Waals surface area contributed by atoms with E-state index in [-0.39, 0.29) is 0 Å². The normalized spacial score (nSPS) is 20.4. The number of benzene rings is 1. The minimum Gasteiger partial charge on any atom is -0.481 e. The first-order valence-electron chi connectivity index (χ1n) is 6.82. The second-order valence-electron chi connectivity index (χ2n) is 5.30. The predicted octanol–water partition coefficient (Wildman–Crippen LogP) is 3.53. The van der Waals surface area contributed by atoms with Gasteiger partial charge in [0.15, 0.2) is 0 Å². The summed E-state index contributed by atoms with van der Waals surface area (Å²) >= 11 is 3.45. The zero-order valence-corrected chi connectivity index (χ0v) is 12.6. The van der Waals surface area contributed by atoms with Gasteiger partial charge in [-0.1, -0.05) is 28.1 Å². The van der Waals surface area contributed by atoms with E-state index in [1.165, 1.54) is 18.4 Å². The third-order valence-corrected chi connectivity index (χ3v) is 4.22. The number of rotatable bonds is 5. The Kier molecular flexibility index (Phi) is 5.40. The predicted molar refractivity (Wildman–Crippen MR) is 79.0 cm³/mol. The zero-order chi connectivity index (χ0) is 13.7. The number of carboxylic acid groups (broad SMARTS) is 1. The Hall–Kier alpha value is -0.870. The molecule has 0 saturated carbocycles. The lowest BCUT2D eigenvalue weighted by Gasteiger charge is -2.32. The first kappa shape index (κ1) is 14.5. The van der Waals surface area contributed by atoms with E-state index in [2.05, 4.69) is 45.1 Å². The molecule has 1 aliphatic heterocycles. The van der Waals surface area contributed by atoms with Crippen molar-refractivity contribution in [2.45, 2.75) is 32.2 Å². The summed E-state index contributed by atoms with van der Waals surface area (Å²) in [4.78, 5) is 13.1. The van der Waals surface area contributed by atoms with Crippen molar-refractivity contribution in [2.75, 3.05) is 13.1 Å². The lowest BCUT2D eigenvalue weighted by atomic mass is 9.93. The molecule has 1 aromatic rings. The highest BCUT2D eigenvalue weighted by Crippen LogP contribution is 2.22. The van der Waals surface area contributed by atoms with Crippen LogP contribution in [0.4, 0.5) is 0 Å². The molecule has 1 N–H and O–H groups in total. The van der Waals surface area contributed by atoms with Gasteiger partial charge in [0.25, 0.3) is 0 Å². The van der Waals surface area contributed by atoms with Crippen molar-refractivity contribution < 1.29 is 9.90 Å². The number of hydrogen-bond donors (Lipinski definition) is 1. The van der Waals surface area contributed by atoms with Gasteiger partial charge in [-0.3, -0.25) is 9.69 Å². The number of aliphatic carboxylic acids is 1. The van der Waals surface area contributed by atoms with Crippen LogP contribution in [0.15, 0.2) is 28.7 Å². The summed E-state index contributed by atoms with van der Waals surface area (Å²) in [5.41, 5.74) is 1.32. The maximum atomic E-state index is 10.6. The summed E-state index contributed by atoms with van der Waals surface area (Å²) in [6, 6.07) is 8.43. The van der Waals surface area contributed by atoms with Gasteiger partial charge in [0.2, 0.25) is 0 Å². The van der Waals surface area contributed by atoms with Crippen molar-refractivity contribution in [3.63, 3.8) is 0 Å². The summed E-state index contributed by atoms with van der Waals surface area (Å²) < 4.78 is 1.11. The lowest BCUT2D eigenvalue weighted by molar-refractivity contribution is -0.137. The molecule has 1 atom stereocenters. The van der Waals surface area contributed by atoms with E-state index in [4.69, 9.17) is 5.11 Å². The molecule has 0 aliphatic carbocycles. The standard InChI is InChI=1S/C15H20BrNO2/c16-14-6-3-13(4-7-14)11-17-9-1-2-12(10-17)5-8-15(18)19/h3-4,6-7,12H,1-2,5,8-11H2,(H,18,19). The molecule has 1 aliphatic rings. The Morgan fingerprint density at radius 3 is 2.79 bits per heavy atom. The second-order valence-corrected chi connectivity index (χ2v) is 6.22. The van der Waals surface area contributed by atoms with Crippen LogP contribution in [0.3, 0.4) is 0 Å². The van der Waals surface area contributed by atoms with Crippen molar-refractivity contribution >= 4 is 21.9 Å². The summed E-state index contributed by atoms with van der Waals surface area (Å²) in [6.07, 6.45) is 3.47. The second kappa shape index (κ2) is 7.06. The molecule has 0 aromatic heterocycles. The molecule has 0 bridgehead atoms. The van der Waals surface area contributed by atoms with Crippen LogP contribution < -0.4 is 0 Å². The minimum absolute atomic E-state index is 0.302. The Bertz CT molecular complexity index is 419. The van der Waals surface area contributed by atoms with E-state index in [0.29, 0.717) is 12.3 Å². The van der Waals surface area contributed by atoms with Gasteiger partial charge in [-0.2, -0.15) is 0 Å². The fourth-order valence-corrected chi connectivity index (χ4v) is 2.97. The Labute approximate surface area is 122 Å². The maximum Gasteiger partial charge on any atom is 0.303 e. The topological polar surface area (TPSA) is 40.5 Å². The third kappa shape index (κ3) is 4.96. The van der Waals surface area contributed by atoms with E-state index in [1.807, 2.05) is 0 Å². The van der Waals surface area contributed by atoms with Crippen molar-refractivity contribution in [3.05, 3.63) is 34.3 Å². The fourth-order valence-electron chi connectivity index (χ4n) is 2.71. The van der Waals surface area contributed by atoms with Crippen LogP contribution in [0, 0.1) is 5.92 Å². The Balaban J connectivity index is 1.83. The smallest absolute Gasteiger partial charge is 0.303 e. The fraction of sp³-hybridized carbons (Fsp3) is 0.533. The molecule has 1 fully saturated rings. The number of likely N-dealkylation sites (tertiary alicyclic amines) is 1. The molecule has 3 nitrogen and oxygen atoms in total. The van der Waals surface area contributed by atoms with E-state index >= 15 is 0 Å². The van der Waals surface area contributed by atoms with Gasteiger partial charge < -0.3 is 5.11 Å². The summed E-state index contributed by atoms with van der Waals surface area (Å²) in [5, 5.41) is 8.75. The Morgan fingerprint density at radius 2 is 2.11 bits per heavy atom. The van der Waals surface area contributed by atoms with Gasteiger partial charge in [-0.25, -0.2) is 0 Å². The van der Waals surface area contributed by atoms with Gasteiger partial charge in [-0.05, 0) is 49.4 Å². The summed E-state index contributed by atoms with van der Waals surface area (Å²) in [6.45, 7) is 3.12. The molecule has 1 heterocycles. The molecular formula is C15H20BrNO2. The first-order valence-corrected chi connectivity index (χ1v) is 7.61. The average Bonchev–Trinajstić information content (AvgIpc) is 2.40. The number of carbonyl (C=O) groups is 1. The van der Waals surface area contributed by atoms with E-state index < -0.39 is 5.97 Å². The van der Waals surface area contributed by atoms with Gasteiger partial charge in [-0.15, -0.1) is 0 Å². The monoisotopic (exact) mass is 325 g/mol. The molecule has 4 heteroatoms. The molecule has 0 radical (unpaired) electrons. The molecule has 1 unspecified atom stereocenters. The van der Waals surface area contributed by atoms with Crippen molar-refractivity contribution in [3.8, 4) is 0 Å². The molecule has 0 amide bonds. The van der Waals surface area contributed by atoms with Crippen LogP contribution in [0.1, 0.15) is 31.2 Å². The van der Waals surface area contributed by atoms with Crippen LogP contribution in [-0.2, 0) is 11.3 Å². The third-order valence-electron chi connectivity index (χ3n) is 3.69. The van der Waals surface area contributed by atoms with E-state index in [9.17, 15) is 4.79 Å². The van der Waals surface area contributed by atoms with Crippen molar-refractivity contribution in [2.24, 2.45) is 5.92 Å². The molecule has 1 saturated heterocycles. The minimum atomic E-state index is -0.676.